The maximum Gasteiger partial charge on any atom is 0.314 e. The minimum absolute atomic E-state index is 0.0768. The third-order valence-corrected chi connectivity index (χ3v) is 3.42. The quantitative estimate of drug-likeness (QED) is 0.848. The largest absolute Gasteiger partial charge is 0.502 e. The van der Waals surface area contributed by atoms with E-state index in [1.807, 2.05) is 0 Å². The van der Waals surface area contributed by atoms with Crippen molar-refractivity contribution in [2.75, 3.05) is 7.11 Å². The predicted octanol–water partition coefficient (Wildman–Crippen LogP) is 2.05. The number of benzene rings is 1. The lowest BCUT2D eigenvalue weighted by Crippen LogP contribution is -2.42. The first kappa shape index (κ1) is 11.7. The fraction of sp³-hybridized carbons (Fsp3) is 0.417. The maximum atomic E-state index is 13.2. The highest BCUT2D eigenvalue weighted by Crippen LogP contribution is 2.49. The zero-order valence-corrected chi connectivity index (χ0v) is 9.36. The first-order valence-electron chi connectivity index (χ1n) is 5.32. The molecule has 1 aromatic rings. The van der Waals surface area contributed by atoms with Gasteiger partial charge in [0.05, 0.1) is 12.5 Å². The van der Waals surface area contributed by atoms with Gasteiger partial charge in [-0.05, 0) is 18.9 Å². The Hall–Kier alpha value is -1.78. The van der Waals surface area contributed by atoms with Gasteiger partial charge in [-0.2, -0.15) is 0 Å². The van der Waals surface area contributed by atoms with E-state index in [1.165, 1.54) is 13.2 Å². The van der Waals surface area contributed by atoms with E-state index in [1.54, 1.807) is 0 Å². The minimum Gasteiger partial charge on any atom is -0.502 e. The molecule has 5 heteroatoms. The second-order valence-corrected chi connectivity index (χ2v) is 4.22. The normalized spacial score (nSPS) is 17.3. The zero-order chi connectivity index (χ0) is 12.6. The number of phenols is 1. The molecule has 0 atom stereocenters. The van der Waals surface area contributed by atoms with Crippen LogP contribution in [0.2, 0.25) is 0 Å². The number of carbonyl (C=O) groups is 1. The lowest BCUT2D eigenvalue weighted by molar-refractivity contribution is -0.147. The molecule has 0 aromatic heterocycles. The molecular weight excluding hydrogens is 227 g/mol. The van der Waals surface area contributed by atoms with Crippen molar-refractivity contribution in [2.45, 2.75) is 24.7 Å². The summed E-state index contributed by atoms with van der Waals surface area (Å²) >= 11 is 0. The van der Waals surface area contributed by atoms with Crippen LogP contribution >= 0.6 is 0 Å². The van der Waals surface area contributed by atoms with Crippen LogP contribution in [0.25, 0.3) is 0 Å². The minimum atomic E-state index is -1.05. The molecule has 0 spiro atoms. The number of aliphatic carboxylic acids is 1. The fourth-order valence-electron chi connectivity index (χ4n) is 2.26. The third kappa shape index (κ3) is 1.53. The summed E-state index contributed by atoms with van der Waals surface area (Å²) in [4.78, 5) is 11.3. The van der Waals surface area contributed by atoms with Gasteiger partial charge in [-0.3, -0.25) is 4.79 Å². The van der Waals surface area contributed by atoms with Crippen LogP contribution in [0.4, 0.5) is 4.39 Å². The van der Waals surface area contributed by atoms with Crippen molar-refractivity contribution in [1.82, 2.24) is 0 Å². The summed E-state index contributed by atoms with van der Waals surface area (Å²) in [5.74, 6) is -2.48. The van der Waals surface area contributed by atoms with Crippen LogP contribution in [0.1, 0.15) is 24.8 Å². The number of ether oxygens (including phenoxy) is 1. The molecule has 0 unspecified atom stereocenters. The molecule has 1 aliphatic rings. The molecule has 0 bridgehead atoms. The van der Waals surface area contributed by atoms with Crippen LogP contribution in [0.15, 0.2) is 12.1 Å². The Labute approximate surface area is 97.6 Å². The number of phenolic OH excluding ortho intramolecular Hbond substituents is 1. The molecule has 0 amide bonds. The Morgan fingerprint density at radius 3 is 2.53 bits per heavy atom. The SMILES string of the molecule is COc1c(C2(C(=O)O)CCC2)ccc(F)c1O. The number of hydrogen-bond donors (Lipinski definition) is 2. The zero-order valence-electron chi connectivity index (χ0n) is 9.36. The number of carboxylic acids is 1. The Morgan fingerprint density at radius 1 is 1.47 bits per heavy atom. The summed E-state index contributed by atoms with van der Waals surface area (Å²) < 4.78 is 18.1. The van der Waals surface area contributed by atoms with Gasteiger partial charge < -0.3 is 14.9 Å². The van der Waals surface area contributed by atoms with Crippen molar-refractivity contribution in [2.24, 2.45) is 0 Å². The van der Waals surface area contributed by atoms with Crippen LogP contribution in [-0.2, 0) is 10.2 Å². The van der Waals surface area contributed by atoms with Gasteiger partial charge >= 0.3 is 5.97 Å². The monoisotopic (exact) mass is 240 g/mol. The Kier molecular flexibility index (Phi) is 2.69. The summed E-state index contributed by atoms with van der Waals surface area (Å²) in [7, 11) is 1.28. The molecule has 0 saturated heterocycles. The van der Waals surface area contributed by atoms with Crippen LogP contribution < -0.4 is 4.74 Å². The second kappa shape index (κ2) is 3.91. The molecule has 0 radical (unpaired) electrons. The van der Waals surface area contributed by atoms with E-state index in [0.717, 1.165) is 12.5 Å². The van der Waals surface area contributed by atoms with E-state index < -0.39 is 23.0 Å². The molecule has 17 heavy (non-hydrogen) atoms. The molecule has 1 fully saturated rings. The van der Waals surface area contributed by atoms with Crippen LogP contribution in [0, 0.1) is 5.82 Å². The van der Waals surface area contributed by atoms with Crippen molar-refractivity contribution in [3.8, 4) is 11.5 Å². The van der Waals surface area contributed by atoms with Crippen LogP contribution in [-0.4, -0.2) is 23.3 Å². The average molecular weight is 240 g/mol. The van der Waals surface area contributed by atoms with E-state index in [2.05, 4.69) is 0 Å². The molecule has 92 valence electrons. The van der Waals surface area contributed by atoms with E-state index >= 15 is 0 Å². The maximum absolute atomic E-state index is 13.2. The Balaban J connectivity index is 2.59. The van der Waals surface area contributed by atoms with Crippen molar-refractivity contribution in [3.05, 3.63) is 23.5 Å². The number of halogens is 1. The molecule has 4 nitrogen and oxygen atoms in total. The van der Waals surface area contributed by atoms with Gasteiger partial charge in [-0.25, -0.2) is 4.39 Å². The number of methoxy groups -OCH3 is 1. The van der Waals surface area contributed by atoms with Gasteiger partial charge in [0.2, 0.25) is 0 Å². The van der Waals surface area contributed by atoms with Crippen molar-refractivity contribution < 1.29 is 24.1 Å². The van der Waals surface area contributed by atoms with Crippen molar-refractivity contribution in [3.63, 3.8) is 0 Å². The molecule has 1 saturated carbocycles. The molecule has 0 heterocycles. The Bertz CT molecular complexity index is 466. The predicted molar refractivity (Wildman–Crippen MR) is 57.8 cm³/mol. The molecule has 1 aliphatic carbocycles. The van der Waals surface area contributed by atoms with Crippen LogP contribution in [0.5, 0.6) is 11.5 Å². The molecule has 2 N–H and O–H groups in total. The lowest BCUT2D eigenvalue weighted by atomic mass is 9.64. The molecular formula is C12H13FO4. The van der Waals surface area contributed by atoms with E-state index in [9.17, 15) is 19.4 Å². The van der Waals surface area contributed by atoms with Gasteiger partial charge in [0.15, 0.2) is 17.3 Å². The highest BCUT2D eigenvalue weighted by Gasteiger charge is 2.48. The van der Waals surface area contributed by atoms with Gasteiger partial charge in [-0.15, -0.1) is 0 Å². The summed E-state index contributed by atoms with van der Waals surface area (Å²) in [6.45, 7) is 0. The average Bonchev–Trinajstić information content (AvgIpc) is 2.21. The van der Waals surface area contributed by atoms with E-state index in [-0.39, 0.29) is 5.75 Å². The van der Waals surface area contributed by atoms with Gasteiger partial charge in [0, 0.05) is 5.56 Å². The summed E-state index contributed by atoms with van der Waals surface area (Å²) in [5, 5.41) is 18.8. The smallest absolute Gasteiger partial charge is 0.314 e. The molecule has 0 aliphatic heterocycles. The van der Waals surface area contributed by atoms with Gasteiger partial charge in [0.25, 0.3) is 0 Å². The third-order valence-electron chi connectivity index (χ3n) is 3.42. The first-order chi connectivity index (χ1) is 8.03. The Morgan fingerprint density at radius 2 is 2.12 bits per heavy atom. The van der Waals surface area contributed by atoms with Crippen molar-refractivity contribution in [1.29, 1.82) is 0 Å². The van der Waals surface area contributed by atoms with Gasteiger partial charge in [-0.1, -0.05) is 12.5 Å². The second-order valence-electron chi connectivity index (χ2n) is 4.22. The first-order valence-corrected chi connectivity index (χ1v) is 5.32. The highest BCUT2D eigenvalue weighted by atomic mass is 19.1. The fourth-order valence-corrected chi connectivity index (χ4v) is 2.26. The number of rotatable bonds is 3. The number of aromatic hydroxyl groups is 1. The highest BCUT2D eigenvalue weighted by molar-refractivity contribution is 5.84. The van der Waals surface area contributed by atoms with Gasteiger partial charge in [0.1, 0.15) is 0 Å². The number of hydrogen-bond acceptors (Lipinski definition) is 3. The molecule has 1 aromatic carbocycles. The van der Waals surface area contributed by atoms with Crippen LogP contribution in [0.3, 0.4) is 0 Å². The summed E-state index contributed by atoms with van der Waals surface area (Å²) in [6, 6.07) is 2.44. The van der Waals surface area contributed by atoms with E-state index in [0.29, 0.717) is 18.4 Å². The lowest BCUT2D eigenvalue weighted by Gasteiger charge is -2.38. The van der Waals surface area contributed by atoms with Crippen molar-refractivity contribution >= 4 is 5.97 Å². The summed E-state index contributed by atoms with van der Waals surface area (Å²) in [6.07, 6.45) is 1.75. The standard InChI is InChI=1S/C12H13FO4/c1-17-10-7(3-4-8(13)9(10)14)12(11(15)16)5-2-6-12/h3-4,14H,2,5-6H2,1H3,(H,15,16). The number of carboxylic acid groups (broad SMARTS) is 1. The van der Waals surface area contributed by atoms with E-state index in [4.69, 9.17) is 4.74 Å². The molecule has 2 rings (SSSR count). The summed E-state index contributed by atoms with van der Waals surface area (Å²) in [5.41, 5.74) is -0.700. The topological polar surface area (TPSA) is 66.8 Å².